The zero-order valence-corrected chi connectivity index (χ0v) is 23.6. The Kier molecular flexibility index (Phi) is 10.4. The third-order valence-corrected chi connectivity index (χ3v) is 8.02. The summed E-state index contributed by atoms with van der Waals surface area (Å²) in [5.74, 6) is 2.04. The fraction of sp³-hybridized carbons (Fsp3) is 0.308. The van der Waals surface area contributed by atoms with Gasteiger partial charge in [0.1, 0.15) is 12.0 Å². The average Bonchev–Trinajstić information content (AvgIpc) is 3.08. The molecule has 0 saturated carbocycles. The molecule has 2 aromatic rings. The van der Waals surface area contributed by atoms with Crippen LogP contribution >= 0.6 is 11.6 Å². The summed E-state index contributed by atoms with van der Waals surface area (Å²) >= 11 is 5.48. The Balaban J connectivity index is 1.62. The monoisotopic (exact) mass is 627 g/mol. The first-order valence-electron chi connectivity index (χ1n) is 11.0. The number of aldehydes is 1. The summed E-state index contributed by atoms with van der Waals surface area (Å²) in [5.41, 5.74) is 2.85. The first-order chi connectivity index (χ1) is 16.8. The van der Waals surface area contributed by atoms with Crippen LogP contribution in [0.4, 0.5) is 0 Å². The van der Waals surface area contributed by atoms with E-state index in [2.05, 4.69) is 39.8 Å². The summed E-state index contributed by atoms with van der Waals surface area (Å²) in [7, 11) is -1.16. The van der Waals surface area contributed by atoms with Crippen molar-refractivity contribution in [2.24, 2.45) is 10.9 Å². The van der Waals surface area contributed by atoms with Gasteiger partial charge in [0.15, 0.2) is 0 Å². The number of rotatable bonds is 12. The number of hydrogen-bond acceptors (Lipinski definition) is 5. The van der Waals surface area contributed by atoms with Crippen molar-refractivity contribution in [3.8, 4) is 11.5 Å². The summed E-state index contributed by atoms with van der Waals surface area (Å²) in [4.78, 5) is 15.4. The molecule has 0 aliphatic carbocycles. The van der Waals surface area contributed by atoms with Crippen LogP contribution in [0, 0.1) is 5.92 Å². The van der Waals surface area contributed by atoms with Crippen LogP contribution in [-0.2, 0) is 21.2 Å². The van der Waals surface area contributed by atoms with E-state index in [4.69, 9.17) is 21.1 Å². The number of alkyl halides is 1. The van der Waals surface area contributed by atoms with E-state index in [1.54, 1.807) is 6.26 Å². The second-order valence-electron chi connectivity index (χ2n) is 8.40. The van der Waals surface area contributed by atoms with Gasteiger partial charge < -0.3 is 9.53 Å². The van der Waals surface area contributed by atoms with Gasteiger partial charge in [-0.15, -0.1) is 11.6 Å². The Morgan fingerprint density at radius 2 is 1.69 bits per heavy atom. The van der Waals surface area contributed by atoms with E-state index in [0.717, 1.165) is 28.9 Å². The van der Waals surface area contributed by atoms with Gasteiger partial charge in [-0.05, 0) is 12.1 Å². The molecule has 1 aliphatic rings. The van der Waals surface area contributed by atoms with Gasteiger partial charge in [0.2, 0.25) is 0 Å². The molecule has 2 unspecified atom stereocenters. The van der Waals surface area contributed by atoms with Crippen molar-refractivity contribution in [2.75, 3.05) is 25.3 Å². The number of halogens is 2. The topological polar surface area (TPSA) is 77.0 Å². The summed E-state index contributed by atoms with van der Waals surface area (Å²) in [6, 6.07) is 16.0. The Hall–Kier alpha value is -2.17. The van der Waals surface area contributed by atoms with Crippen LogP contribution in [0.1, 0.15) is 25.0 Å². The molecule has 2 atom stereocenters. The molecule has 1 aliphatic heterocycles. The fourth-order valence-corrected chi connectivity index (χ4v) is 5.52. The number of aliphatic imine (C=N–C) groups is 1. The normalized spacial score (nSPS) is 15.5. The molecular formula is C26H29ClIN2O4S-. The van der Waals surface area contributed by atoms with E-state index < -0.39 is 11.0 Å². The maximum atomic E-state index is 11.4. The third kappa shape index (κ3) is 8.18. The van der Waals surface area contributed by atoms with Gasteiger partial charge in [-0.25, -0.2) is 0 Å². The number of nitrogens with zero attached hydrogens (tertiary/aromatic N) is 1. The van der Waals surface area contributed by atoms with Crippen molar-refractivity contribution < 1.29 is 39.7 Å². The van der Waals surface area contributed by atoms with Gasteiger partial charge >= 0.3 is 162 Å². The molecule has 0 aromatic heterocycles. The minimum absolute atomic E-state index is 0.225. The second kappa shape index (κ2) is 13.2. The molecule has 1 heterocycles. The first-order valence-corrected chi connectivity index (χ1v) is 15.5. The standard InChI is InChI=1S/C26H29ClIN2O4S/c1-26(2,20-4-8-23(9-5-20)33-17-19(14-27)16-31)21-6-10-24(11-7-21)34-18-22-12-13-28-15-25(29-22)30-35(3)32/h4-13,15-16,19,30H,14,17-18H2,1-3H3/q-1. The molecule has 2 aromatic carbocycles. The van der Waals surface area contributed by atoms with Gasteiger partial charge in [0.25, 0.3) is 0 Å². The van der Waals surface area contributed by atoms with Crippen molar-refractivity contribution in [3.63, 3.8) is 0 Å². The number of ether oxygens (including phenoxy) is 2. The number of carbonyl (C=O) groups excluding carboxylic acids is 1. The molecule has 0 spiro atoms. The Morgan fingerprint density at radius 1 is 1.09 bits per heavy atom. The van der Waals surface area contributed by atoms with Crippen LogP contribution in [0.2, 0.25) is 0 Å². The first kappa shape index (κ1) is 27.4. The van der Waals surface area contributed by atoms with E-state index in [1.807, 2.05) is 46.6 Å². The van der Waals surface area contributed by atoms with Gasteiger partial charge in [-0.3, -0.25) is 0 Å². The SMILES string of the molecule is CS(=O)NC1=C[I-]C=CC(COc2ccc(C(C)(C)c3ccc(OCC(C=O)CCl)cc3)cc2)=N1. The summed E-state index contributed by atoms with van der Waals surface area (Å²) in [5, 5.41) is 0. The molecule has 0 amide bonds. The summed E-state index contributed by atoms with van der Waals surface area (Å²) < 4.78 is 30.1. The predicted molar refractivity (Wildman–Crippen MR) is 138 cm³/mol. The van der Waals surface area contributed by atoms with Crippen LogP contribution < -0.4 is 35.4 Å². The molecule has 0 saturated heterocycles. The van der Waals surface area contributed by atoms with E-state index in [0.29, 0.717) is 18.2 Å². The molecule has 0 radical (unpaired) electrons. The molecule has 0 bridgehead atoms. The molecule has 35 heavy (non-hydrogen) atoms. The predicted octanol–water partition coefficient (Wildman–Crippen LogP) is 1.56. The van der Waals surface area contributed by atoms with E-state index >= 15 is 0 Å². The van der Waals surface area contributed by atoms with Crippen molar-refractivity contribution in [1.82, 2.24) is 4.72 Å². The van der Waals surface area contributed by atoms with Crippen molar-refractivity contribution in [2.45, 2.75) is 19.3 Å². The van der Waals surface area contributed by atoms with Crippen LogP contribution in [0.15, 0.2) is 73.6 Å². The Labute approximate surface area is 224 Å². The Morgan fingerprint density at radius 3 is 2.23 bits per heavy atom. The Bertz CT molecular complexity index is 1120. The summed E-state index contributed by atoms with van der Waals surface area (Å²) in [6.07, 6.45) is 4.37. The van der Waals surface area contributed by atoms with Crippen LogP contribution in [0.5, 0.6) is 11.5 Å². The second-order valence-corrected chi connectivity index (χ2v) is 11.9. The molecular weight excluding hydrogens is 599 g/mol. The molecule has 3 rings (SSSR count). The van der Waals surface area contributed by atoms with Crippen molar-refractivity contribution in [1.29, 1.82) is 0 Å². The zero-order valence-electron chi connectivity index (χ0n) is 19.9. The van der Waals surface area contributed by atoms with E-state index in [-0.39, 0.29) is 45.0 Å². The summed E-state index contributed by atoms with van der Waals surface area (Å²) in [6.45, 7) is 4.93. The zero-order chi connectivity index (χ0) is 25.3. The van der Waals surface area contributed by atoms with E-state index in [1.165, 1.54) is 0 Å². The van der Waals surface area contributed by atoms with Gasteiger partial charge in [0.05, 0.1) is 12.5 Å². The van der Waals surface area contributed by atoms with Crippen LogP contribution in [0.3, 0.4) is 0 Å². The maximum absolute atomic E-state index is 11.4. The van der Waals surface area contributed by atoms with Gasteiger partial charge in [0, 0.05) is 5.88 Å². The van der Waals surface area contributed by atoms with Crippen LogP contribution in [-0.4, -0.2) is 41.6 Å². The van der Waals surface area contributed by atoms with Crippen LogP contribution in [0.25, 0.3) is 0 Å². The third-order valence-electron chi connectivity index (χ3n) is 5.40. The van der Waals surface area contributed by atoms with Crippen molar-refractivity contribution >= 4 is 34.6 Å². The van der Waals surface area contributed by atoms with Crippen molar-refractivity contribution in [3.05, 3.63) is 79.7 Å². The molecule has 0 fully saturated rings. The number of benzene rings is 2. The van der Waals surface area contributed by atoms with E-state index in [9.17, 15) is 9.00 Å². The number of carbonyl (C=O) groups is 1. The fourth-order valence-electron chi connectivity index (χ4n) is 3.28. The molecule has 6 nitrogen and oxygen atoms in total. The molecule has 1 N–H and O–H groups in total. The minimum atomic E-state index is -1.16. The number of hydrogen-bond donors (Lipinski definition) is 1. The molecule has 9 heteroatoms. The number of nitrogens with one attached hydrogen (secondary N) is 1. The quantitative estimate of drug-likeness (QED) is 0.220. The van der Waals surface area contributed by atoms with Gasteiger partial charge in [-0.2, -0.15) is 0 Å². The average molecular weight is 628 g/mol. The van der Waals surface area contributed by atoms with Gasteiger partial charge in [-0.1, -0.05) is 0 Å². The molecule has 188 valence electrons.